The third kappa shape index (κ3) is 4.01. The Balaban J connectivity index is 1.73. The molecule has 6 heteroatoms. The number of thiophene rings is 2. The molecule has 0 radical (unpaired) electrons. The maximum atomic E-state index is 5.89. The van der Waals surface area contributed by atoms with Gasteiger partial charge in [-0.15, -0.1) is 22.7 Å². The van der Waals surface area contributed by atoms with E-state index in [1.165, 1.54) is 9.75 Å². The van der Waals surface area contributed by atoms with Crippen LogP contribution < -0.4 is 9.47 Å². The molecule has 4 nitrogen and oxygen atoms in total. The van der Waals surface area contributed by atoms with Crippen molar-refractivity contribution in [1.82, 2.24) is 9.80 Å². The minimum atomic E-state index is 0.582. The van der Waals surface area contributed by atoms with Crippen LogP contribution in [0.15, 0.2) is 22.9 Å². The predicted molar refractivity (Wildman–Crippen MR) is 92.3 cm³/mol. The molecule has 0 aromatic carbocycles. The lowest BCUT2D eigenvalue weighted by Gasteiger charge is -2.22. The van der Waals surface area contributed by atoms with Gasteiger partial charge in [-0.3, -0.25) is 9.80 Å². The van der Waals surface area contributed by atoms with E-state index < -0.39 is 0 Å². The van der Waals surface area contributed by atoms with Gasteiger partial charge in [0.2, 0.25) is 0 Å². The lowest BCUT2D eigenvalue weighted by atomic mass is 10.3. The first-order valence-electron chi connectivity index (χ1n) is 7.48. The Bertz CT molecular complexity index is 544. The standard InChI is InChI=1S/C16H22N2O2S2/c1-17-5-6-18(2)12-16-14(4-10-22-16)20-8-7-19-13-3-9-21-15(13)11-17/h3-4,9-10H,5-8,11-12H2,1-2H3. The first-order valence-corrected chi connectivity index (χ1v) is 9.24. The lowest BCUT2D eigenvalue weighted by molar-refractivity contribution is 0.204. The molecule has 0 N–H and O–H groups in total. The second-order valence-electron chi connectivity index (χ2n) is 5.59. The predicted octanol–water partition coefficient (Wildman–Crippen LogP) is 3.14. The Hall–Kier alpha value is -1.08. The van der Waals surface area contributed by atoms with E-state index in [0.717, 1.165) is 37.7 Å². The number of nitrogens with zero attached hydrogens (tertiary/aromatic N) is 2. The van der Waals surface area contributed by atoms with Crippen molar-refractivity contribution in [1.29, 1.82) is 0 Å². The van der Waals surface area contributed by atoms with Crippen LogP contribution in [-0.4, -0.2) is 50.2 Å². The van der Waals surface area contributed by atoms with Crippen LogP contribution in [0.5, 0.6) is 11.5 Å². The van der Waals surface area contributed by atoms with Gasteiger partial charge in [-0.1, -0.05) is 0 Å². The molecule has 0 fully saturated rings. The smallest absolute Gasteiger partial charge is 0.134 e. The third-order valence-corrected chi connectivity index (χ3v) is 5.47. The van der Waals surface area contributed by atoms with Gasteiger partial charge in [0.25, 0.3) is 0 Å². The summed E-state index contributed by atoms with van der Waals surface area (Å²) in [6.07, 6.45) is 0. The summed E-state index contributed by atoms with van der Waals surface area (Å²) in [4.78, 5) is 7.29. The molecule has 0 bridgehead atoms. The molecule has 0 spiro atoms. The fourth-order valence-electron chi connectivity index (χ4n) is 2.44. The van der Waals surface area contributed by atoms with Crippen LogP contribution in [0.1, 0.15) is 9.75 Å². The molecule has 2 aromatic rings. The molecule has 3 rings (SSSR count). The second kappa shape index (κ2) is 7.46. The van der Waals surface area contributed by atoms with E-state index in [0.29, 0.717) is 13.2 Å². The van der Waals surface area contributed by atoms with E-state index in [9.17, 15) is 0 Å². The maximum Gasteiger partial charge on any atom is 0.134 e. The van der Waals surface area contributed by atoms with E-state index in [2.05, 4.69) is 46.8 Å². The summed E-state index contributed by atoms with van der Waals surface area (Å²) in [5, 5.41) is 4.20. The van der Waals surface area contributed by atoms with Crippen molar-refractivity contribution < 1.29 is 9.47 Å². The number of likely N-dealkylation sites (N-methyl/N-ethyl adjacent to an activating group) is 2. The van der Waals surface area contributed by atoms with Gasteiger partial charge in [0.1, 0.15) is 24.7 Å². The summed E-state index contributed by atoms with van der Waals surface area (Å²) >= 11 is 3.52. The highest BCUT2D eigenvalue weighted by Gasteiger charge is 2.13. The molecular weight excluding hydrogens is 316 g/mol. The second-order valence-corrected chi connectivity index (χ2v) is 7.59. The summed E-state index contributed by atoms with van der Waals surface area (Å²) in [7, 11) is 4.34. The Morgan fingerprint density at radius 2 is 1.27 bits per heavy atom. The van der Waals surface area contributed by atoms with E-state index in [1.54, 1.807) is 22.7 Å². The van der Waals surface area contributed by atoms with Crippen molar-refractivity contribution in [3.05, 3.63) is 32.6 Å². The largest absolute Gasteiger partial charge is 0.489 e. The fraction of sp³-hybridized carbons (Fsp3) is 0.500. The molecule has 0 unspecified atom stereocenters. The molecular formula is C16H22N2O2S2. The number of hydrogen-bond donors (Lipinski definition) is 0. The van der Waals surface area contributed by atoms with Gasteiger partial charge >= 0.3 is 0 Å². The molecule has 3 heterocycles. The fourth-order valence-corrected chi connectivity index (χ4v) is 4.23. The molecule has 22 heavy (non-hydrogen) atoms. The normalized spacial score (nSPS) is 18.6. The number of hydrogen-bond acceptors (Lipinski definition) is 6. The molecule has 0 atom stereocenters. The quantitative estimate of drug-likeness (QED) is 0.737. The van der Waals surface area contributed by atoms with Crippen LogP contribution >= 0.6 is 22.7 Å². The van der Waals surface area contributed by atoms with Crippen LogP contribution in [0.4, 0.5) is 0 Å². The van der Waals surface area contributed by atoms with Crippen molar-refractivity contribution in [2.75, 3.05) is 40.4 Å². The van der Waals surface area contributed by atoms with Crippen molar-refractivity contribution in [3.63, 3.8) is 0 Å². The highest BCUT2D eigenvalue weighted by molar-refractivity contribution is 7.10. The Labute approximate surface area is 139 Å². The van der Waals surface area contributed by atoms with Crippen molar-refractivity contribution in [3.8, 4) is 11.5 Å². The zero-order chi connectivity index (χ0) is 15.4. The van der Waals surface area contributed by atoms with Gasteiger partial charge in [0.15, 0.2) is 0 Å². The van der Waals surface area contributed by atoms with Crippen molar-refractivity contribution in [2.24, 2.45) is 0 Å². The van der Waals surface area contributed by atoms with Crippen LogP contribution in [0.25, 0.3) is 0 Å². The molecule has 0 amide bonds. The van der Waals surface area contributed by atoms with Gasteiger partial charge in [0, 0.05) is 26.2 Å². The minimum Gasteiger partial charge on any atom is -0.489 e. The van der Waals surface area contributed by atoms with Gasteiger partial charge in [-0.25, -0.2) is 0 Å². The van der Waals surface area contributed by atoms with E-state index in [4.69, 9.17) is 9.47 Å². The molecule has 0 saturated carbocycles. The minimum absolute atomic E-state index is 0.582. The van der Waals surface area contributed by atoms with Crippen molar-refractivity contribution in [2.45, 2.75) is 13.1 Å². The summed E-state index contributed by atoms with van der Waals surface area (Å²) < 4.78 is 11.8. The summed E-state index contributed by atoms with van der Waals surface area (Å²) in [5.41, 5.74) is 0. The molecule has 1 aliphatic rings. The number of rotatable bonds is 0. The Morgan fingerprint density at radius 1 is 0.818 bits per heavy atom. The topological polar surface area (TPSA) is 24.9 Å². The molecule has 2 aromatic heterocycles. The molecule has 1 aliphatic heterocycles. The van der Waals surface area contributed by atoms with Crippen LogP contribution in [-0.2, 0) is 13.1 Å². The van der Waals surface area contributed by atoms with Crippen molar-refractivity contribution >= 4 is 22.7 Å². The highest BCUT2D eigenvalue weighted by Crippen LogP contribution is 2.28. The molecule has 120 valence electrons. The summed E-state index contributed by atoms with van der Waals surface area (Å²) in [6.45, 7) is 5.11. The number of ether oxygens (including phenoxy) is 2. The third-order valence-electron chi connectivity index (χ3n) is 3.70. The SMILES string of the molecule is CN1CCN(C)Cc2sccc2OCCOc2ccsc2C1. The van der Waals surface area contributed by atoms with Crippen LogP contribution in [0.2, 0.25) is 0 Å². The summed E-state index contributed by atoms with van der Waals surface area (Å²) in [5.74, 6) is 1.99. The van der Waals surface area contributed by atoms with Crippen LogP contribution in [0.3, 0.4) is 0 Å². The highest BCUT2D eigenvalue weighted by atomic mass is 32.1. The van der Waals surface area contributed by atoms with E-state index >= 15 is 0 Å². The average molecular weight is 338 g/mol. The van der Waals surface area contributed by atoms with Crippen LogP contribution in [0, 0.1) is 0 Å². The molecule has 0 aliphatic carbocycles. The van der Waals surface area contributed by atoms with E-state index in [-0.39, 0.29) is 0 Å². The Kier molecular flexibility index (Phi) is 5.36. The van der Waals surface area contributed by atoms with Gasteiger partial charge in [0.05, 0.1) is 9.75 Å². The van der Waals surface area contributed by atoms with Gasteiger partial charge in [-0.2, -0.15) is 0 Å². The maximum absolute atomic E-state index is 5.89. The van der Waals surface area contributed by atoms with E-state index in [1.807, 2.05) is 0 Å². The molecule has 0 saturated heterocycles. The summed E-state index contributed by atoms with van der Waals surface area (Å²) in [6, 6.07) is 4.11. The van der Waals surface area contributed by atoms with Gasteiger partial charge < -0.3 is 9.47 Å². The zero-order valence-corrected chi connectivity index (χ0v) is 14.7. The number of fused-ring (bicyclic) bond motifs is 2. The zero-order valence-electron chi connectivity index (χ0n) is 13.1. The van der Waals surface area contributed by atoms with Gasteiger partial charge in [-0.05, 0) is 37.0 Å². The Morgan fingerprint density at radius 3 is 1.73 bits per heavy atom. The first kappa shape index (κ1) is 15.8. The average Bonchev–Trinajstić information content (AvgIpc) is 3.11. The monoisotopic (exact) mass is 338 g/mol. The first-order chi connectivity index (χ1) is 10.7. The lowest BCUT2D eigenvalue weighted by Crippen LogP contribution is -2.30.